The summed E-state index contributed by atoms with van der Waals surface area (Å²) in [6, 6.07) is 27.7. The third-order valence-corrected chi connectivity index (χ3v) is 4.33. The van der Waals surface area contributed by atoms with E-state index in [-0.39, 0.29) is 0 Å². The number of aromatic nitrogens is 2. The predicted octanol–water partition coefficient (Wildman–Crippen LogP) is 5.93. The van der Waals surface area contributed by atoms with Crippen LogP contribution < -0.4 is 15.4 Å². The Morgan fingerprint density at radius 3 is 2.28 bits per heavy atom. The van der Waals surface area contributed by atoms with Crippen LogP contribution in [0.15, 0.2) is 91.1 Å². The SMILES string of the molecule is Cc1ccc(CNc2nccc(Nc3ccc(Oc4ccccc4)cc3)n2)cc1. The maximum Gasteiger partial charge on any atom is 0.224 e. The molecule has 0 aliphatic rings. The van der Waals surface area contributed by atoms with Crippen molar-refractivity contribution in [3.8, 4) is 11.5 Å². The van der Waals surface area contributed by atoms with Gasteiger partial charge in [0.2, 0.25) is 5.95 Å². The van der Waals surface area contributed by atoms with E-state index in [0.29, 0.717) is 12.5 Å². The Morgan fingerprint density at radius 2 is 1.52 bits per heavy atom. The normalized spacial score (nSPS) is 10.4. The first-order chi connectivity index (χ1) is 14.2. The van der Waals surface area contributed by atoms with E-state index < -0.39 is 0 Å². The maximum atomic E-state index is 5.82. The lowest BCUT2D eigenvalue weighted by Gasteiger charge is -2.10. The van der Waals surface area contributed by atoms with E-state index in [2.05, 4.69) is 51.8 Å². The number of nitrogens with zero attached hydrogens (tertiary/aromatic N) is 2. The van der Waals surface area contributed by atoms with Gasteiger partial charge >= 0.3 is 0 Å². The molecular weight excluding hydrogens is 360 g/mol. The fraction of sp³-hybridized carbons (Fsp3) is 0.0833. The van der Waals surface area contributed by atoms with Gasteiger partial charge in [0.05, 0.1) is 0 Å². The smallest absolute Gasteiger partial charge is 0.224 e. The van der Waals surface area contributed by atoms with Gasteiger partial charge in [-0.25, -0.2) is 4.98 Å². The van der Waals surface area contributed by atoms with E-state index in [1.165, 1.54) is 11.1 Å². The number of hydrogen-bond donors (Lipinski definition) is 2. The van der Waals surface area contributed by atoms with Crippen molar-refractivity contribution >= 4 is 17.5 Å². The molecule has 4 aromatic rings. The average Bonchev–Trinajstić information content (AvgIpc) is 2.76. The third kappa shape index (κ3) is 5.32. The molecule has 0 aliphatic heterocycles. The number of ether oxygens (including phenoxy) is 1. The van der Waals surface area contributed by atoms with Crippen LogP contribution in [0.2, 0.25) is 0 Å². The van der Waals surface area contributed by atoms with E-state index in [0.717, 1.165) is 23.0 Å². The van der Waals surface area contributed by atoms with Crippen molar-refractivity contribution in [3.63, 3.8) is 0 Å². The monoisotopic (exact) mass is 382 g/mol. The van der Waals surface area contributed by atoms with Gasteiger partial charge in [-0.3, -0.25) is 0 Å². The molecule has 2 N–H and O–H groups in total. The van der Waals surface area contributed by atoms with Crippen LogP contribution in [0, 0.1) is 6.92 Å². The van der Waals surface area contributed by atoms with Gasteiger partial charge in [0, 0.05) is 18.4 Å². The summed E-state index contributed by atoms with van der Waals surface area (Å²) >= 11 is 0. The van der Waals surface area contributed by atoms with Crippen LogP contribution in [-0.4, -0.2) is 9.97 Å². The van der Waals surface area contributed by atoms with Crippen molar-refractivity contribution < 1.29 is 4.74 Å². The van der Waals surface area contributed by atoms with E-state index >= 15 is 0 Å². The lowest BCUT2D eigenvalue weighted by Crippen LogP contribution is -2.05. The average molecular weight is 382 g/mol. The highest BCUT2D eigenvalue weighted by Gasteiger charge is 2.02. The molecule has 0 aliphatic carbocycles. The van der Waals surface area contributed by atoms with Crippen molar-refractivity contribution in [2.24, 2.45) is 0 Å². The van der Waals surface area contributed by atoms with Gasteiger partial charge < -0.3 is 15.4 Å². The molecule has 4 rings (SSSR count). The molecule has 1 heterocycles. The number of aryl methyl sites for hydroxylation is 1. The Balaban J connectivity index is 1.36. The van der Waals surface area contributed by atoms with Crippen LogP contribution in [-0.2, 0) is 6.54 Å². The van der Waals surface area contributed by atoms with Gasteiger partial charge in [-0.1, -0.05) is 48.0 Å². The molecule has 5 nitrogen and oxygen atoms in total. The zero-order chi connectivity index (χ0) is 19.9. The lowest BCUT2D eigenvalue weighted by molar-refractivity contribution is 0.483. The molecular formula is C24H22N4O. The molecule has 0 bridgehead atoms. The molecule has 0 amide bonds. The molecule has 0 saturated heterocycles. The molecule has 0 spiro atoms. The van der Waals surface area contributed by atoms with Crippen molar-refractivity contribution in [1.29, 1.82) is 0 Å². The number of hydrogen-bond acceptors (Lipinski definition) is 5. The molecule has 0 atom stereocenters. The van der Waals surface area contributed by atoms with Crippen molar-refractivity contribution in [2.45, 2.75) is 13.5 Å². The van der Waals surface area contributed by atoms with Crippen LogP contribution >= 0.6 is 0 Å². The number of benzene rings is 3. The van der Waals surface area contributed by atoms with E-state index in [4.69, 9.17) is 4.74 Å². The Kier molecular flexibility index (Phi) is 5.67. The van der Waals surface area contributed by atoms with Crippen LogP contribution in [0.4, 0.5) is 17.5 Å². The standard InChI is InChI=1S/C24H22N4O/c1-18-7-9-19(10-8-18)17-26-24-25-16-15-23(28-24)27-20-11-13-22(14-12-20)29-21-5-3-2-4-6-21/h2-16H,17H2,1H3,(H2,25,26,27,28). The van der Waals surface area contributed by atoms with E-state index in [1.807, 2.05) is 60.7 Å². The largest absolute Gasteiger partial charge is 0.457 e. The van der Waals surface area contributed by atoms with Crippen LogP contribution in [0.1, 0.15) is 11.1 Å². The quantitative estimate of drug-likeness (QED) is 0.415. The van der Waals surface area contributed by atoms with Crippen LogP contribution in [0.25, 0.3) is 0 Å². The van der Waals surface area contributed by atoms with E-state index in [1.54, 1.807) is 6.20 Å². The Labute approximate surface area is 170 Å². The summed E-state index contributed by atoms with van der Waals surface area (Å²) in [7, 11) is 0. The molecule has 3 aromatic carbocycles. The molecule has 0 saturated carbocycles. The summed E-state index contributed by atoms with van der Waals surface area (Å²) in [4.78, 5) is 8.82. The van der Waals surface area contributed by atoms with Gasteiger partial charge in [-0.05, 0) is 55.0 Å². The summed E-state index contributed by atoms with van der Waals surface area (Å²) in [5.74, 6) is 2.90. The van der Waals surface area contributed by atoms with E-state index in [9.17, 15) is 0 Å². The van der Waals surface area contributed by atoms with Gasteiger partial charge in [0.25, 0.3) is 0 Å². The third-order valence-electron chi connectivity index (χ3n) is 4.33. The van der Waals surface area contributed by atoms with Crippen LogP contribution in [0.3, 0.4) is 0 Å². The minimum atomic E-state index is 0.583. The summed E-state index contributed by atoms with van der Waals surface area (Å²) in [5.41, 5.74) is 3.36. The summed E-state index contributed by atoms with van der Waals surface area (Å²) in [6.07, 6.45) is 1.74. The highest BCUT2D eigenvalue weighted by Crippen LogP contribution is 2.24. The fourth-order valence-corrected chi connectivity index (χ4v) is 2.78. The Bertz CT molecular complexity index is 1050. The molecule has 1 aromatic heterocycles. The van der Waals surface area contributed by atoms with Crippen molar-refractivity contribution in [3.05, 3.63) is 102 Å². The minimum Gasteiger partial charge on any atom is -0.457 e. The number of nitrogens with one attached hydrogen (secondary N) is 2. The first-order valence-electron chi connectivity index (χ1n) is 9.47. The topological polar surface area (TPSA) is 59.1 Å². The summed E-state index contributed by atoms with van der Waals surface area (Å²) < 4.78 is 5.82. The highest BCUT2D eigenvalue weighted by atomic mass is 16.5. The first-order valence-corrected chi connectivity index (χ1v) is 9.47. The summed E-state index contributed by atoms with van der Waals surface area (Å²) in [6.45, 7) is 2.76. The van der Waals surface area contributed by atoms with Gasteiger partial charge in [-0.15, -0.1) is 0 Å². The number of para-hydroxylation sites is 1. The number of anilines is 3. The minimum absolute atomic E-state index is 0.583. The molecule has 0 fully saturated rings. The zero-order valence-electron chi connectivity index (χ0n) is 16.2. The fourth-order valence-electron chi connectivity index (χ4n) is 2.78. The van der Waals surface area contributed by atoms with Crippen molar-refractivity contribution in [1.82, 2.24) is 9.97 Å². The molecule has 29 heavy (non-hydrogen) atoms. The molecule has 0 radical (unpaired) electrons. The number of rotatable bonds is 7. The second kappa shape index (κ2) is 8.89. The maximum absolute atomic E-state index is 5.82. The Morgan fingerprint density at radius 1 is 0.793 bits per heavy atom. The molecule has 144 valence electrons. The second-order valence-electron chi connectivity index (χ2n) is 6.67. The first kappa shape index (κ1) is 18.5. The summed E-state index contributed by atoms with van der Waals surface area (Å²) in [5, 5.41) is 6.56. The molecule has 5 heteroatoms. The van der Waals surface area contributed by atoms with Gasteiger partial charge in [-0.2, -0.15) is 4.98 Å². The predicted molar refractivity (Wildman–Crippen MR) is 117 cm³/mol. The molecule has 0 unspecified atom stereocenters. The highest BCUT2D eigenvalue weighted by molar-refractivity contribution is 5.58. The van der Waals surface area contributed by atoms with Gasteiger partial charge in [0.15, 0.2) is 0 Å². The van der Waals surface area contributed by atoms with Crippen molar-refractivity contribution in [2.75, 3.05) is 10.6 Å². The van der Waals surface area contributed by atoms with Gasteiger partial charge in [0.1, 0.15) is 17.3 Å². The Hall–Kier alpha value is -3.86. The van der Waals surface area contributed by atoms with Crippen LogP contribution in [0.5, 0.6) is 11.5 Å². The zero-order valence-corrected chi connectivity index (χ0v) is 16.2. The second-order valence-corrected chi connectivity index (χ2v) is 6.67. The lowest BCUT2D eigenvalue weighted by atomic mass is 10.1.